The maximum Gasteiger partial charge on any atom is 0.186 e. The van der Waals surface area contributed by atoms with E-state index in [1.54, 1.807) is 7.11 Å². The molecule has 0 radical (unpaired) electrons. The second-order valence-corrected chi connectivity index (χ2v) is 7.36. The maximum absolute atomic E-state index is 6.41. The lowest BCUT2D eigenvalue weighted by Gasteiger charge is -2.56. The minimum atomic E-state index is -0.429. The van der Waals surface area contributed by atoms with Crippen LogP contribution in [0.2, 0.25) is 0 Å². The lowest BCUT2D eigenvalue weighted by atomic mass is 9.81. The smallest absolute Gasteiger partial charge is 0.186 e. The van der Waals surface area contributed by atoms with Gasteiger partial charge in [-0.1, -0.05) is 22.9 Å². The van der Waals surface area contributed by atoms with Crippen LogP contribution in [0.3, 0.4) is 0 Å². The van der Waals surface area contributed by atoms with Crippen LogP contribution in [0.25, 0.3) is 0 Å². The normalized spacial score (nSPS) is 29.6. The number of halogens is 1. The number of benzene rings is 1. The van der Waals surface area contributed by atoms with Crippen molar-refractivity contribution in [3.05, 3.63) is 28.2 Å². The van der Waals surface area contributed by atoms with Gasteiger partial charge < -0.3 is 19.7 Å². The molecule has 3 atom stereocenters. The monoisotopic (exact) mass is 384 g/mol. The second kappa shape index (κ2) is 5.98. The summed E-state index contributed by atoms with van der Waals surface area (Å²) in [4.78, 5) is 2.16. The summed E-state index contributed by atoms with van der Waals surface area (Å²) in [5, 5.41) is 4.26. The molecule has 2 aliphatic rings. The third kappa shape index (κ3) is 2.51. The predicted molar refractivity (Wildman–Crippen MR) is 94.0 cm³/mol. The van der Waals surface area contributed by atoms with E-state index in [0.717, 1.165) is 34.9 Å². The van der Waals surface area contributed by atoms with E-state index in [9.17, 15) is 0 Å². The predicted octanol–water partition coefficient (Wildman–Crippen LogP) is 3.46. The van der Waals surface area contributed by atoms with Gasteiger partial charge in [0.05, 0.1) is 6.04 Å². The van der Waals surface area contributed by atoms with Gasteiger partial charge in [-0.25, -0.2) is 0 Å². The molecular weight excluding hydrogens is 364 g/mol. The number of thiocarbonyl (C=S) groups is 1. The van der Waals surface area contributed by atoms with Crippen molar-refractivity contribution < 1.29 is 9.47 Å². The van der Waals surface area contributed by atoms with Crippen molar-refractivity contribution in [2.24, 2.45) is 5.92 Å². The van der Waals surface area contributed by atoms with Gasteiger partial charge in [-0.05, 0) is 43.8 Å². The van der Waals surface area contributed by atoms with Crippen molar-refractivity contribution in [1.29, 1.82) is 0 Å². The fourth-order valence-electron chi connectivity index (χ4n) is 3.36. The Labute approximate surface area is 145 Å². The zero-order chi connectivity index (χ0) is 15.9. The minimum absolute atomic E-state index is 0.178. The molecule has 2 aliphatic heterocycles. The third-order valence-corrected chi connectivity index (χ3v) is 5.59. The molecule has 0 aromatic heterocycles. The van der Waals surface area contributed by atoms with Crippen LogP contribution in [0.15, 0.2) is 22.7 Å². The fourth-order valence-corrected chi connectivity index (χ4v) is 4.13. The number of nitrogens with zero attached hydrogens (tertiary/aromatic N) is 1. The molecule has 1 N–H and O–H groups in total. The second-order valence-electron chi connectivity index (χ2n) is 6.05. The number of hydrogen-bond acceptors (Lipinski definition) is 3. The molecule has 4 nitrogen and oxygen atoms in total. The van der Waals surface area contributed by atoms with Crippen LogP contribution < -0.4 is 10.1 Å². The Morgan fingerprint density at radius 1 is 1.50 bits per heavy atom. The van der Waals surface area contributed by atoms with Crippen LogP contribution in [0, 0.1) is 5.92 Å². The van der Waals surface area contributed by atoms with Gasteiger partial charge in [0.25, 0.3) is 0 Å². The van der Waals surface area contributed by atoms with E-state index in [1.807, 2.05) is 12.1 Å². The zero-order valence-corrected chi connectivity index (χ0v) is 15.5. The number of methoxy groups -OCH3 is 1. The highest BCUT2D eigenvalue weighted by atomic mass is 79.9. The van der Waals surface area contributed by atoms with Crippen LogP contribution >= 0.6 is 28.1 Å². The molecular formula is C16H21BrN2O2S. The topological polar surface area (TPSA) is 33.7 Å². The van der Waals surface area contributed by atoms with Gasteiger partial charge in [0.2, 0.25) is 0 Å². The summed E-state index contributed by atoms with van der Waals surface area (Å²) in [6.45, 7) is 5.89. The van der Waals surface area contributed by atoms with Crippen molar-refractivity contribution in [3.8, 4) is 5.75 Å². The van der Waals surface area contributed by atoms with Gasteiger partial charge in [-0.3, -0.25) is 0 Å². The van der Waals surface area contributed by atoms with Crippen LogP contribution in [0.5, 0.6) is 5.75 Å². The summed E-state index contributed by atoms with van der Waals surface area (Å²) in [6, 6.07) is 6.34. The first-order valence-corrected chi connectivity index (χ1v) is 8.73. The van der Waals surface area contributed by atoms with E-state index in [2.05, 4.69) is 46.1 Å². The summed E-state index contributed by atoms with van der Waals surface area (Å²) < 4.78 is 12.6. The highest BCUT2D eigenvalue weighted by Gasteiger charge is 2.52. The van der Waals surface area contributed by atoms with Gasteiger partial charge in [0.1, 0.15) is 5.75 Å². The average molecular weight is 385 g/mol. The van der Waals surface area contributed by atoms with Gasteiger partial charge >= 0.3 is 0 Å². The first kappa shape index (κ1) is 16.0. The van der Waals surface area contributed by atoms with Gasteiger partial charge in [0, 0.05) is 36.2 Å². The molecule has 0 unspecified atom stereocenters. The lowest BCUT2D eigenvalue weighted by molar-refractivity contribution is -0.111. The Bertz CT molecular complexity index is 598. The van der Waals surface area contributed by atoms with Crippen molar-refractivity contribution in [1.82, 2.24) is 10.2 Å². The molecule has 2 heterocycles. The van der Waals surface area contributed by atoms with Crippen molar-refractivity contribution in [2.75, 3.05) is 20.3 Å². The summed E-state index contributed by atoms with van der Waals surface area (Å²) in [7, 11) is 1.72. The highest BCUT2D eigenvalue weighted by molar-refractivity contribution is 9.10. The molecule has 0 aliphatic carbocycles. The first-order chi connectivity index (χ1) is 10.5. The molecule has 1 saturated heterocycles. The summed E-state index contributed by atoms with van der Waals surface area (Å²) in [5.41, 5.74) is 0.736. The SMILES string of the molecule is COCCCN1C(=S)N[C@@H]2c3cc(Br)ccc3O[C@@]1(C)[C@@H]2C. The molecule has 1 aromatic rings. The molecule has 0 spiro atoms. The van der Waals surface area contributed by atoms with E-state index < -0.39 is 5.72 Å². The Hall–Kier alpha value is -0.850. The summed E-state index contributed by atoms with van der Waals surface area (Å²) >= 11 is 9.14. The number of rotatable bonds is 4. The molecule has 120 valence electrons. The van der Waals surface area contributed by atoms with E-state index in [0.29, 0.717) is 0 Å². The Morgan fingerprint density at radius 3 is 3.00 bits per heavy atom. The van der Waals surface area contributed by atoms with Crippen LogP contribution in [0.4, 0.5) is 0 Å². The first-order valence-electron chi connectivity index (χ1n) is 7.53. The molecule has 1 aromatic carbocycles. The number of fused-ring (bicyclic) bond motifs is 4. The summed E-state index contributed by atoms with van der Waals surface area (Å²) in [5.74, 6) is 1.21. The van der Waals surface area contributed by atoms with E-state index >= 15 is 0 Å². The molecule has 2 bridgehead atoms. The largest absolute Gasteiger partial charge is 0.467 e. The van der Waals surface area contributed by atoms with Crippen molar-refractivity contribution in [2.45, 2.75) is 32.0 Å². The standard InChI is InChI=1S/C16H21BrN2O2S/c1-10-14-12-9-11(17)5-6-13(12)21-16(10,2)19(15(22)18-14)7-4-8-20-3/h5-6,9-10,14H,4,7-8H2,1-3H3,(H,18,22)/t10-,14+,16+/m1/s1. The zero-order valence-electron chi connectivity index (χ0n) is 13.1. The Morgan fingerprint density at radius 2 is 2.27 bits per heavy atom. The molecule has 3 rings (SSSR count). The Kier molecular flexibility index (Phi) is 4.36. The van der Waals surface area contributed by atoms with Crippen LogP contribution in [-0.2, 0) is 4.74 Å². The molecule has 6 heteroatoms. The third-order valence-electron chi connectivity index (χ3n) is 4.76. The van der Waals surface area contributed by atoms with Crippen LogP contribution in [-0.4, -0.2) is 36.0 Å². The van der Waals surface area contributed by atoms with E-state index in [1.165, 1.54) is 5.56 Å². The lowest BCUT2D eigenvalue weighted by Crippen LogP contribution is -2.69. The average Bonchev–Trinajstić information content (AvgIpc) is 2.47. The highest BCUT2D eigenvalue weighted by Crippen LogP contribution is 2.48. The quantitative estimate of drug-likeness (QED) is 0.634. The van der Waals surface area contributed by atoms with E-state index in [4.69, 9.17) is 21.7 Å². The molecule has 0 saturated carbocycles. The molecule has 22 heavy (non-hydrogen) atoms. The fraction of sp³-hybridized carbons (Fsp3) is 0.562. The molecule has 1 fully saturated rings. The van der Waals surface area contributed by atoms with Gasteiger partial charge in [-0.15, -0.1) is 0 Å². The Balaban J connectivity index is 1.95. The number of hydrogen-bond donors (Lipinski definition) is 1. The van der Waals surface area contributed by atoms with Gasteiger partial charge in [0.15, 0.2) is 10.8 Å². The number of ether oxygens (including phenoxy) is 2. The maximum atomic E-state index is 6.41. The van der Waals surface area contributed by atoms with Crippen molar-refractivity contribution >= 4 is 33.3 Å². The number of nitrogens with one attached hydrogen (secondary N) is 1. The minimum Gasteiger partial charge on any atom is -0.467 e. The van der Waals surface area contributed by atoms with E-state index in [-0.39, 0.29) is 12.0 Å². The summed E-state index contributed by atoms with van der Waals surface area (Å²) in [6.07, 6.45) is 0.919. The van der Waals surface area contributed by atoms with Crippen molar-refractivity contribution in [3.63, 3.8) is 0 Å². The van der Waals surface area contributed by atoms with Gasteiger partial charge in [-0.2, -0.15) is 0 Å². The molecule has 0 amide bonds. The van der Waals surface area contributed by atoms with Crippen LogP contribution in [0.1, 0.15) is 31.9 Å².